The summed E-state index contributed by atoms with van der Waals surface area (Å²) in [6, 6.07) is 10.5. The van der Waals surface area contributed by atoms with Gasteiger partial charge < -0.3 is 0 Å². The molecule has 0 saturated carbocycles. The Morgan fingerprint density at radius 1 is 1.07 bits per heavy atom. The predicted octanol–water partition coefficient (Wildman–Crippen LogP) is 4.69. The van der Waals surface area contributed by atoms with Crippen molar-refractivity contribution in [2.24, 2.45) is 5.41 Å². The van der Waals surface area contributed by atoms with Gasteiger partial charge in [0.1, 0.15) is 0 Å². The fourth-order valence-electron chi connectivity index (χ4n) is 1.42. The lowest BCUT2D eigenvalue weighted by molar-refractivity contribution is 0.520. The van der Waals surface area contributed by atoms with Crippen LogP contribution in [0.3, 0.4) is 0 Å². The highest BCUT2D eigenvalue weighted by Gasteiger charge is 2.13. The summed E-state index contributed by atoms with van der Waals surface area (Å²) in [6.45, 7) is 8.77. The van der Waals surface area contributed by atoms with E-state index in [2.05, 4.69) is 70.2 Å². The van der Waals surface area contributed by atoms with Crippen LogP contribution in [0.4, 0.5) is 0 Å². The molecule has 0 spiro atoms. The Morgan fingerprint density at radius 2 is 1.67 bits per heavy atom. The first kappa shape index (κ1) is 11.8. The van der Waals surface area contributed by atoms with E-state index in [0.29, 0.717) is 0 Å². The molecule has 0 aromatic heterocycles. The molecule has 0 bridgehead atoms. The molecular weight excluding hydrogens is 180 g/mol. The van der Waals surface area contributed by atoms with E-state index in [9.17, 15) is 0 Å². The number of benzene rings is 1. The molecule has 0 aliphatic heterocycles. The zero-order valence-electron chi connectivity index (χ0n) is 10.1. The lowest BCUT2D eigenvalue weighted by Gasteiger charge is -2.20. The minimum atomic E-state index is 0.197. The van der Waals surface area contributed by atoms with Crippen molar-refractivity contribution in [3.8, 4) is 0 Å². The average molecular weight is 200 g/mol. The topological polar surface area (TPSA) is 0 Å². The van der Waals surface area contributed by atoms with E-state index in [1.54, 1.807) is 0 Å². The van der Waals surface area contributed by atoms with Crippen LogP contribution in [0, 0.1) is 5.41 Å². The van der Waals surface area contributed by atoms with Gasteiger partial charge in [-0.3, -0.25) is 0 Å². The van der Waals surface area contributed by atoms with Gasteiger partial charge in [-0.1, -0.05) is 69.3 Å². The maximum absolute atomic E-state index is 2.25. The van der Waals surface area contributed by atoms with Gasteiger partial charge in [0.15, 0.2) is 0 Å². The van der Waals surface area contributed by atoms with Crippen LogP contribution in [0.25, 0.3) is 6.08 Å². The van der Waals surface area contributed by atoms with Crippen molar-refractivity contribution >= 4 is 6.08 Å². The highest BCUT2D eigenvalue weighted by Crippen LogP contribution is 2.28. The maximum Gasteiger partial charge on any atom is -0.0132 e. The first-order chi connectivity index (χ1) is 7.04. The predicted molar refractivity (Wildman–Crippen MR) is 68.7 cm³/mol. The first-order valence-corrected chi connectivity index (χ1v) is 5.44. The summed E-state index contributed by atoms with van der Waals surface area (Å²) < 4.78 is 0. The van der Waals surface area contributed by atoms with Crippen LogP contribution in [0.1, 0.15) is 33.3 Å². The van der Waals surface area contributed by atoms with Gasteiger partial charge in [0.2, 0.25) is 0 Å². The van der Waals surface area contributed by atoms with Crippen LogP contribution in [0.2, 0.25) is 0 Å². The van der Waals surface area contributed by atoms with Crippen molar-refractivity contribution in [3.63, 3.8) is 0 Å². The van der Waals surface area contributed by atoms with Gasteiger partial charge in [0.05, 0.1) is 0 Å². The Bertz CT molecular complexity index is 347. The number of rotatable bonds is 2. The number of hydrogen-bond acceptors (Lipinski definition) is 0. The highest BCUT2D eigenvalue weighted by atomic mass is 14.2. The van der Waals surface area contributed by atoms with Gasteiger partial charge in [0.25, 0.3) is 0 Å². The summed E-state index contributed by atoms with van der Waals surface area (Å²) in [4.78, 5) is 0. The molecule has 1 rings (SSSR count). The normalized spacial score (nSPS) is 13.5. The van der Waals surface area contributed by atoms with E-state index in [0.717, 1.165) is 0 Å². The molecule has 0 unspecified atom stereocenters. The Labute approximate surface area is 93.3 Å². The molecule has 0 aliphatic carbocycles. The lowest BCUT2D eigenvalue weighted by Crippen LogP contribution is -2.07. The van der Waals surface area contributed by atoms with Crippen molar-refractivity contribution in [2.45, 2.75) is 27.7 Å². The van der Waals surface area contributed by atoms with Gasteiger partial charge in [0, 0.05) is 0 Å². The van der Waals surface area contributed by atoms with Crippen molar-refractivity contribution in [1.82, 2.24) is 0 Å². The van der Waals surface area contributed by atoms with E-state index in [4.69, 9.17) is 0 Å². The third kappa shape index (κ3) is 3.75. The Kier molecular flexibility index (Phi) is 3.90. The van der Waals surface area contributed by atoms with E-state index in [1.165, 1.54) is 11.1 Å². The Balaban J connectivity index is 3.05. The fraction of sp³-hybridized carbons (Fsp3) is 0.333. The molecule has 0 N–H and O–H groups in total. The molecule has 0 fully saturated rings. The molecule has 0 nitrogen and oxygen atoms in total. The van der Waals surface area contributed by atoms with Gasteiger partial charge >= 0.3 is 0 Å². The van der Waals surface area contributed by atoms with E-state index in [-0.39, 0.29) is 5.41 Å². The second kappa shape index (κ2) is 4.97. The minimum Gasteiger partial charge on any atom is -0.0874 e. The zero-order valence-corrected chi connectivity index (χ0v) is 10.1. The van der Waals surface area contributed by atoms with Crippen LogP contribution in [-0.2, 0) is 0 Å². The summed E-state index contributed by atoms with van der Waals surface area (Å²) >= 11 is 0. The molecule has 0 radical (unpaired) electrons. The molecule has 1 aromatic rings. The van der Waals surface area contributed by atoms with Crippen molar-refractivity contribution in [3.05, 3.63) is 53.6 Å². The smallest absolute Gasteiger partial charge is 0.0132 e. The maximum atomic E-state index is 2.25. The third-order valence-electron chi connectivity index (χ3n) is 2.33. The molecule has 15 heavy (non-hydrogen) atoms. The molecule has 0 atom stereocenters. The Hall–Kier alpha value is -1.30. The van der Waals surface area contributed by atoms with Crippen molar-refractivity contribution in [2.75, 3.05) is 0 Å². The standard InChI is InChI=1S/C15H20/c1-5-9-14(15(2,3)4)12-13-10-7-6-8-11-13/h5-12H,1-4H3/b9-5-,14-12-. The molecular formula is C15H20. The summed E-state index contributed by atoms with van der Waals surface area (Å²) in [5.41, 5.74) is 2.82. The number of allylic oxidation sites excluding steroid dienone is 3. The molecule has 0 aliphatic rings. The van der Waals surface area contributed by atoms with Gasteiger partial charge in [-0.2, -0.15) is 0 Å². The van der Waals surface area contributed by atoms with Crippen LogP contribution >= 0.6 is 0 Å². The summed E-state index contributed by atoms with van der Waals surface area (Å²) in [5.74, 6) is 0. The molecule has 1 aromatic carbocycles. The van der Waals surface area contributed by atoms with E-state index < -0.39 is 0 Å². The van der Waals surface area contributed by atoms with E-state index in [1.807, 2.05) is 6.07 Å². The molecule has 0 saturated heterocycles. The monoisotopic (exact) mass is 200 g/mol. The zero-order chi connectivity index (χ0) is 11.3. The quantitative estimate of drug-likeness (QED) is 0.607. The Morgan fingerprint density at radius 3 is 2.13 bits per heavy atom. The summed E-state index contributed by atoms with van der Waals surface area (Å²) in [5, 5.41) is 0. The van der Waals surface area contributed by atoms with Crippen LogP contribution in [0.5, 0.6) is 0 Å². The first-order valence-electron chi connectivity index (χ1n) is 5.44. The van der Waals surface area contributed by atoms with Crippen LogP contribution < -0.4 is 0 Å². The molecule has 0 amide bonds. The van der Waals surface area contributed by atoms with E-state index >= 15 is 0 Å². The van der Waals surface area contributed by atoms with Gasteiger partial charge in [-0.25, -0.2) is 0 Å². The summed E-state index contributed by atoms with van der Waals surface area (Å²) in [6.07, 6.45) is 6.53. The number of hydrogen-bond donors (Lipinski definition) is 0. The van der Waals surface area contributed by atoms with Crippen LogP contribution in [0.15, 0.2) is 48.1 Å². The second-order valence-electron chi connectivity index (χ2n) is 4.76. The second-order valence-corrected chi connectivity index (χ2v) is 4.76. The SMILES string of the molecule is C/C=C\C(=C\c1ccccc1)C(C)(C)C. The fourth-order valence-corrected chi connectivity index (χ4v) is 1.42. The summed E-state index contributed by atoms with van der Waals surface area (Å²) in [7, 11) is 0. The van der Waals surface area contributed by atoms with Gasteiger partial charge in [-0.05, 0) is 23.5 Å². The van der Waals surface area contributed by atoms with Crippen LogP contribution in [-0.4, -0.2) is 0 Å². The molecule has 0 heterocycles. The highest BCUT2D eigenvalue weighted by molar-refractivity contribution is 5.57. The largest absolute Gasteiger partial charge is 0.0874 e. The minimum absolute atomic E-state index is 0.197. The molecule has 0 heteroatoms. The van der Waals surface area contributed by atoms with Crippen molar-refractivity contribution < 1.29 is 0 Å². The molecule has 80 valence electrons. The third-order valence-corrected chi connectivity index (χ3v) is 2.33. The lowest BCUT2D eigenvalue weighted by atomic mass is 9.85. The van der Waals surface area contributed by atoms with Gasteiger partial charge in [-0.15, -0.1) is 0 Å². The average Bonchev–Trinajstić information content (AvgIpc) is 2.17. The van der Waals surface area contributed by atoms with Crippen molar-refractivity contribution in [1.29, 1.82) is 0 Å².